The van der Waals surface area contributed by atoms with Gasteiger partial charge in [-0.3, -0.25) is 4.79 Å². The number of hydrogen-bond donors (Lipinski definition) is 1. The first-order chi connectivity index (χ1) is 13.4. The third-order valence-corrected chi connectivity index (χ3v) is 4.78. The van der Waals surface area contributed by atoms with Crippen LogP contribution in [-0.2, 0) is 20.9 Å². The highest BCUT2D eigenvalue weighted by Crippen LogP contribution is 2.36. The summed E-state index contributed by atoms with van der Waals surface area (Å²) in [6.07, 6.45) is 1.86. The van der Waals surface area contributed by atoms with Gasteiger partial charge in [0.05, 0.1) is 25.3 Å². The topological polar surface area (TPSA) is 73.9 Å². The fourth-order valence-corrected chi connectivity index (χ4v) is 3.25. The maximum absolute atomic E-state index is 12.0. The van der Waals surface area contributed by atoms with E-state index in [4.69, 9.17) is 25.8 Å². The lowest BCUT2D eigenvalue weighted by Crippen LogP contribution is -2.34. The van der Waals surface area contributed by atoms with Crippen molar-refractivity contribution in [1.29, 1.82) is 0 Å². The molecule has 0 aliphatic heterocycles. The Morgan fingerprint density at radius 3 is 2.79 bits per heavy atom. The fraction of sp³-hybridized carbons (Fsp3) is 0.300. The smallest absolute Gasteiger partial charge is 0.331 e. The van der Waals surface area contributed by atoms with Gasteiger partial charge in [0, 0.05) is 11.0 Å². The van der Waals surface area contributed by atoms with E-state index in [0.717, 1.165) is 4.88 Å². The Labute approximate surface area is 173 Å². The van der Waals surface area contributed by atoms with Gasteiger partial charge in [-0.2, -0.15) is 0 Å². The van der Waals surface area contributed by atoms with E-state index in [0.29, 0.717) is 35.2 Å². The number of ether oxygens (including phenoxy) is 3. The average Bonchev–Trinajstić information content (AvgIpc) is 3.18. The number of thiophene rings is 1. The zero-order chi connectivity index (χ0) is 20.5. The van der Waals surface area contributed by atoms with Gasteiger partial charge in [0.25, 0.3) is 5.91 Å². The molecule has 28 heavy (non-hydrogen) atoms. The molecule has 0 bridgehead atoms. The Bertz CT molecular complexity index is 835. The van der Waals surface area contributed by atoms with Crippen LogP contribution in [0.2, 0.25) is 5.02 Å². The van der Waals surface area contributed by atoms with Crippen molar-refractivity contribution in [3.63, 3.8) is 0 Å². The third-order valence-electron chi connectivity index (χ3n) is 3.63. The summed E-state index contributed by atoms with van der Waals surface area (Å²) in [5, 5.41) is 5.02. The second-order valence-corrected chi connectivity index (χ2v) is 7.12. The summed E-state index contributed by atoms with van der Waals surface area (Å²) in [4.78, 5) is 25.1. The highest BCUT2D eigenvalue weighted by Gasteiger charge is 2.16. The van der Waals surface area contributed by atoms with Crippen LogP contribution in [0.4, 0.5) is 0 Å². The van der Waals surface area contributed by atoms with Crippen LogP contribution in [-0.4, -0.2) is 31.7 Å². The number of nitrogens with one attached hydrogen (secondary N) is 1. The number of esters is 1. The van der Waals surface area contributed by atoms with Gasteiger partial charge >= 0.3 is 5.97 Å². The monoisotopic (exact) mass is 423 g/mol. The standard InChI is InChI=1S/C20H22ClNO5S/c1-4-26-17-11-14(10-16(21)19(17)25-3)7-8-18(23)27-13(2)20(24)22-12-15-6-5-9-28-15/h5-11,13H,4,12H2,1-3H3,(H,22,24)/b8-7+. The zero-order valence-electron chi connectivity index (χ0n) is 15.9. The molecule has 1 amide bonds. The maximum Gasteiger partial charge on any atom is 0.331 e. The minimum atomic E-state index is -0.907. The number of carbonyl (C=O) groups is 2. The van der Waals surface area contributed by atoms with Crippen molar-refractivity contribution in [3.8, 4) is 11.5 Å². The maximum atomic E-state index is 12.0. The van der Waals surface area contributed by atoms with Crippen LogP contribution in [0.5, 0.6) is 11.5 Å². The Morgan fingerprint density at radius 1 is 1.36 bits per heavy atom. The lowest BCUT2D eigenvalue weighted by molar-refractivity contribution is -0.150. The van der Waals surface area contributed by atoms with Gasteiger partial charge in [-0.1, -0.05) is 17.7 Å². The largest absolute Gasteiger partial charge is 0.491 e. The predicted octanol–water partition coefficient (Wildman–Crippen LogP) is 4.07. The molecule has 0 spiro atoms. The quantitative estimate of drug-likeness (QED) is 0.486. The molecule has 1 aromatic carbocycles. The number of rotatable bonds is 9. The molecule has 0 aliphatic carbocycles. The third kappa shape index (κ3) is 6.28. The minimum absolute atomic E-state index is 0.360. The van der Waals surface area contributed by atoms with Gasteiger partial charge < -0.3 is 19.5 Å². The molecule has 1 heterocycles. The van der Waals surface area contributed by atoms with Crippen LogP contribution in [0.25, 0.3) is 6.08 Å². The van der Waals surface area contributed by atoms with E-state index < -0.39 is 12.1 Å². The molecule has 1 atom stereocenters. The van der Waals surface area contributed by atoms with Crippen LogP contribution in [0.3, 0.4) is 0 Å². The van der Waals surface area contributed by atoms with Crippen molar-refractivity contribution in [3.05, 3.63) is 51.2 Å². The number of amides is 1. The Balaban J connectivity index is 1.94. The molecule has 0 radical (unpaired) electrons. The number of hydrogen-bond acceptors (Lipinski definition) is 6. The SMILES string of the molecule is CCOc1cc(/C=C/C(=O)OC(C)C(=O)NCc2cccs2)cc(Cl)c1OC. The van der Waals surface area contributed by atoms with Crippen molar-refractivity contribution < 1.29 is 23.8 Å². The van der Waals surface area contributed by atoms with Crippen LogP contribution in [0.15, 0.2) is 35.7 Å². The molecule has 6 nitrogen and oxygen atoms in total. The van der Waals surface area contributed by atoms with E-state index in [1.54, 1.807) is 23.5 Å². The second kappa shape index (κ2) is 10.7. The molecule has 8 heteroatoms. The van der Waals surface area contributed by atoms with E-state index in [-0.39, 0.29) is 5.91 Å². The van der Waals surface area contributed by atoms with Crippen molar-refractivity contribution in [2.24, 2.45) is 0 Å². The van der Waals surface area contributed by atoms with E-state index in [9.17, 15) is 9.59 Å². The molecule has 0 aliphatic rings. The molecular formula is C20H22ClNO5S. The van der Waals surface area contributed by atoms with Crippen molar-refractivity contribution in [1.82, 2.24) is 5.32 Å². The molecule has 150 valence electrons. The molecule has 0 saturated carbocycles. The molecule has 1 unspecified atom stereocenters. The predicted molar refractivity (Wildman–Crippen MR) is 110 cm³/mol. The van der Waals surface area contributed by atoms with E-state index in [1.807, 2.05) is 24.4 Å². The van der Waals surface area contributed by atoms with Gasteiger partial charge in [0.2, 0.25) is 0 Å². The van der Waals surface area contributed by atoms with Gasteiger partial charge in [-0.05, 0) is 49.1 Å². The lowest BCUT2D eigenvalue weighted by Gasteiger charge is -2.12. The molecule has 0 fully saturated rings. The molecule has 2 aromatic rings. The second-order valence-electron chi connectivity index (χ2n) is 5.68. The summed E-state index contributed by atoms with van der Waals surface area (Å²) >= 11 is 7.72. The molecule has 1 N–H and O–H groups in total. The number of benzene rings is 1. The summed E-state index contributed by atoms with van der Waals surface area (Å²) in [6.45, 7) is 4.21. The normalized spacial score (nSPS) is 11.9. The Morgan fingerprint density at radius 2 is 2.14 bits per heavy atom. The van der Waals surface area contributed by atoms with Gasteiger partial charge in [-0.25, -0.2) is 4.79 Å². The average molecular weight is 424 g/mol. The number of methoxy groups -OCH3 is 1. The van der Waals surface area contributed by atoms with E-state index in [2.05, 4.69) is 5.32 Å². The highest BCUT2D eigenvalue weighted by atomic mass is 35.5. The Hall–Kier alpha value is -2.51. The minimum Gasteiger partial charge on any atom is -0.491 e. The highest BCUT2D eigenvalue weighted by molar-refractivity contribution is 7.09. The Kier molecular flexibility index (Phi) is 8.35. The number of halogens is 1. The summed E-state index contributed by atoms with van der Waals surface area (Å²) in [6, 6.07) is 7.17. The van der Waals surface area contributed by atoms with Crippen molar-refractivity contribution in [2.45, 2.75) is 26.5 Å². The van der Waals surface area contributed by atoms with E-state index in [1.165, 1.54) is 26.2 Å². The van der Waals surface area contributed by atoms with Gasteiger partial charge in [0.1, 0.15) is 0 Å². The molecule has 0 saturated heterocycles. The van der Waals surface area contributed by atoms with Gasteiger partial charge in [0.15, 0.2) is 17.6 Å². The lowest BCUT2D eigenvalue weighted by atomic mass is 10.2. The zero-order valence-corrected chi connectivity index (χ0v) is 17.4. The fourth-order valence-electron chi connectivity index (χ4n) is 2.31. The number of carbonyl (C=O) groups excluding carboxylic acids is 2. The summed E-state index contributed by atoms with van der Waals surface area (Å²) < 4.78 is 15.9. The molecule has 1 aromatic heterocycles. The summed E-state index contributed by atoms with van der Waals surface area (Å²) in [5.74, 6) is -0.0870. The van der Waals surface area contributed by atoms with Crippen molar-refractivity contribution in [2.75, 3.05) is 13.7 Å². The summed E-state index contributed by atoms with van der Waals surface area (Å²) in [5.41, 5.74) is 0.640. The first kappa shape index (κ1) is 21.8. The van der Waals surface area contributed by atoms with Crippen LogP contribution < -0.4 is 14.8 Å². The molecule has 2 rings (SSSR count). The van der Waals surface area contributed by atoms with Crippen LogP contribution >= 0.6 is 22.9 Å². The van der Waals surface area contributed by atoms with E-state index >= 15 is 0 Å². The first-order valence-corrected chi connectivity index (χ1v) is 9.89. The van der Waals surface area contributed by atoms with Crippen LogP contribution in [0, 0.1) is 0 Å². The van der Waals surface area contributed by atoms with Crippen LogP contribution in [0.1, 0.15) is 24.3 Å². The van der Waals surface area contributed by atoms with Crippen molar-refractivity contribution >= 4 is 40.9 Å². The first-order valence-electron chi connectivity index (χ1n) is 8.63. The van der Waals surface area contributed by atoms with Gasteiger partial charge in [-0.15, -0.1) is 11.3 Å². The summed E-state index contributed by atoms with van der Waals surface area (Å²) in [7, 11) is 1.50. The molecular weight excluding hydrogens is 402 g/mol.